The van der Waals surface area contributed by atoms with Gasteiger partial charge in [0.25, 0.3) is 0 Å². The fourth-order valence-electron chi connectivity index (χ4n) is 3.92. The molecule has 7 heteroatoms. The molecule has 0 amide bonds. The first-order valence-corrected chi connectivity index (χ1v) is 11.0. The number of nitrogens with zero attached hydrogens (tertiary/aromatic N) is 2. The van der Waals surface area contributed by atoms with E-state index in [1.165, 1.54) is 10.4 Å². The standard InChI is InChI=1S/C21H24N2O4S/c24-20-16-23(28(25,26)21-9-5-4-8-18(20)21)19(17-6-2-1-3-7-17)10-11-22-12-14-27-15-13-22/h1-9,19H,10-16H2. The molecule has 1 unspecified atom stereocenters. The van der Waals surface area contributed by atoms with Gasteiger partial charge in [0.1, 0.15) is 0 Å². The zero-order valence-electron chi connectivity index (χ0n) is 15.7. The summed E-state index contributed by atoms with van der Waals surface area (Å²) in [6.07, 6.45) is 0.624. The van der Waals surface area contributed by atoms with Gasteiger partial charge >= 0.3 is 0 Å². The lowest BCUT2D eigenvalue weighted by atomic mass is 10.0. The summed E-state index contributed by atoms with van der Waals surface area (Å²) in [6, 6.07) is 15.7. The molecule has 0 saturated carbocycles. The highest BCUT2D eigenvalue weighted by Crippen LogP contribution is 2.35. The molecule has 2 aliphatic heterocycles. The monoisotopic (exact) mass is 400 g/mol. The SMILES string of the molecule is O=C1CN(C(CCN2CCOCC2)c2ccccc2)S(=O)(=O)c2ccccc21. The van der Waals surface area contributed by atoms with Crippen LogP contribution in [0.15, 0.2) is 59.5 Å². The number of rotatable bonds is 5. The summed E-state index contributed by atoms with van der Waals surface area (Å²) in [5.74, 6) is -0.155. The summed E-state index contributed by atoms with van der Waals surface area (Å²) >= 11 is 0. The highest BCUT2D eigenvalue weighted by molar-refractivity contribution is 7.89. The number of fused-ring (bicyclic) bond motifs is 1. The number of ketones is 1. The maximum Gasteiger partial charge on any atom is 0.244 e. The Hall–Kier alpha value is -2.06. The van der Waals surface area contributed by atoms with E-state index in [9.17, 15) is 13.2 Å². The third kappa shape index (κ3) is 3.75. The first kappa shape index (κ1) is 19.3. The van der Waals surface area contributed by atoms with Crippen molar-refractivity contribution in [2.45, 2.75) is 17.4 Å². The lowest BCUT2D eigenvalue weighted by Gasteiger charge is -2.36. The Morgan fingerprint density at radius 3 is 2.39 bits per heavy atom. The van der Waals surface area contributed by atoms with E-state index in [4.69, 9.17) is 4.74 Å². The number of morpholine rings is 1. The quantitative estimate of drug-likeness (QED) is 0.771. The number of ether oxygens (including phenoxy) is 1. The van der Waals surface area contributed by atoms with Crippen LogP contribution < -0.4 is 0 Å². The van der Waals surface area contributed by atoms with Crippen molar-refractivity contribution in [3.8, 4) is 0 Å². The fraction of sp³-hybridized carbons (Fsp3) is 0.381. The smallest absolute Gasteiger partial charge is 0.244 e. The van der Waals surface area contributed by atoms with Gasteiger partial charge in [0.15, 0.2) is 5.78 Å². The average molecular weight is 401 g/mol. The van der Waals surface area contributed by atoms with Gasteiger partial charge in [-0.15, -0.1) is 0 Å². The summed E-state index contributed by atoms with van der Waals surface area (Å²) in [4.78, 5) is 15.1. The molecule has 0 N–H and O–H groups in total. The lowest BCUT2D eigenvalue weighted by Crippen LogP contribution is -2.45. The van der Waals surface area contributed by atoms with E-state index >= 15 is 0 Å². The van der Waals surface area contributed by atoms with Crippen LogP contribution in [0.4, 0.5) is 0 Å². The molecule has 2 aromatic rings. The highest BCUT2D eigenvalue weighted by Gasteiger charge is 2.40. The van der Waals surface area contributed by atoms with E-state index in [1.807, 2.05) is 30.3 Å². The van der Waals surface area contributed by atoms with E-state index in [0.29, 0.717) is 25.2 Å². The van der Waals surface area contributed by atoms with Crippen molar-refractivity contribution in [3.05, 3.63) is 65.7 Å². The van der Waals surface area contributed by atoms with Gasteiger partial charge in [-0.1, -0.05) is 42.5 Å². The first-order chi connectivity index (χ1) is 13.6. The van der Waals surface area contributed by atoms with Gasteiger partial charge in [-0.25, -0.2) is 8.42 Å². The predicted octanol–water partition coefficient (Wildman–Crippen LogP) is 2.34. The molecule has 6 nitrogen and oxygen atoms in total. The van der Waals surface area contributed by atoms with Crippen LogP contribution in [0.1, 0.15) is 28.4 Å². The van der Waals surface area contributed by atoms with E-state index in [1.54, 1.807) is 18.2 Å². The summed E-state index contributed by atoms with van der Waals surface area (Å²) in [5, 5.41) is 0. The van der Waals surface area contributed by atoms with Crippen molar-refractivity contribution < 1.29 is 17.9 Å². The number of sulfonamides is 1. The van der Waals surface area contributed by atoms with E-state index < -0.39 is 10.0 Å². The van der Waals surface area contributed by atoms with Crippen LogP contribution in [-0.2, 0) is 14.8 Å². The Morgan fingerprint density at radius 1 is 0.964 bits per heavy atom. The van der Waals surface area contributed by atoms with Crippen LogP contribution >= 0.6 is 0 Å². The minimum atomic E-state index is -3.75. The van der Waals surface area contributed by atoms with Gasteiger partial charge in [0, 0.05) is 25.2 Å². The molecule has 0 bridgehead atoms. The highest BCUT2D eigenvalue weighted by atomic mass is 32.2. The van der Waals surface area contributed by atoms with Crippen molar-refractivity contribution in [3.63, 3.8) is 0 Å². The Kier molecular flexibility index (Phi) is 5.59. The molecule has 2 aliphatic rings. The normalized spacial score (nSPS) is 21.2. The zero-order chi connectivity index (χ0) is 19.6. The largest absolute Gasteiger partial charge is 0.379 e. The van der Waals surface area contributed by atoms with Crippen molar-refractivity contribution in [2.24, 2.45) is 0 Å². The van der Waals surface area contributed by atoms with Gasteiger partial charge in [-0.05, 0) is 24.1 Å². The summed E-state index contributed by atoms with van der Waals surface area (Å²) < 4.78 is 33.5. The Morgan fingerprint density at radius 2 is 1.64 bits per heavy atom. The average Bonchev–Trinajstić information content (AvgIpc) is 2.73. The molecule has 2 aromatic carbocycles. The van der Waals surface area contributed by atoms with Crippen LogP contribution in [0, 0.1) is 0 Å². The molecule has 0 aliphatic carbocycles. The van der Waals surface area contributed by atoms with Gasteiger partial charge in [-0.3, -0.25) is 9.69 Å². The maximum atomic E-state index is 13.4. The molecule has 148 valence electrons. The second kappa shape index (κ2) is 8.13. The van der Waals surface area contributed by atoms with Crippen LogP contribution in [0.5, 0.6) is 0 Å². The molecule has 2 heterocycles. The number of benzene rings is 2. The van der Waals surface area contributed by atoms with Crippen molar-refractivity contribution in [2.75, 3.05) is 39.4 Å². The maximum absolute atomic E-state index is 13.4. The van der Waals surface area contributed by atoms with Gasteiger partial charge in [0.2, 0.25) is 10.0 Å². The van der Waals surface area contributed by atoms with E-state index in [-0.39, 0.29) is 23.3 Å². The predicted molar refractivity (Wildman–Crippen MR) is 106 cm³/mol. The topological polar surface area (TPSA) is 66.9 Å². The Labute approximate surface area is 165 Å². The molecule has 1 atom stereocenters. The summed E-state index contributed by atoms with van der Waals surface area (Å²) in [6.45, 7) is 3.71. The molecule has 4 rings (SSSR count). The number of carbonyl (C=O) groups excluding carboxylic acids is 1. The summed E-state index contributed by atoms with van der Waals surface area (Å²) in [5.41, 5.74) is 1.20. The fourth-order valence-corrected chi connectivity index (χ4v) is 5.73. The third-order valence-electron chi connectivity index (χ3n) is 5.43. The molecular formula is C21H24N2O4S. The lowest BCUT2D eigenvalue weighted by molar-refractivity contribution is 0.0348. The van der Waals surface area contributed by atoms with E-state index in [2.05, 4.69) is 4.90 Å². The molecule has 1 saturated heterocycles. The Bertz CT molecular complexity index is 940. The molecule has 28 heavy (non-hydrogen) atoms. The molecule has 0 radical (unpaired) electrons. The first-order valence-electron chi connectivity index (χ1n) is 9.56. The third-order valence-corrected chi connectivity index (χ3v) is 7.34. The number of hydrogen-bond donors (Lipinski definition) is 0. The zero-order valence-corrected chi connectivity index (χ0v) is 16.5. The molecule has 1 fully saturated rings. The van der Waals surface area contributed by atoms with Crippen molar-refractivity contribution in [1.82, 2.24) is 9.21 Å². The number of Topliss-reactive ketones (excluding diaryl/α,β-unsaturated/α-hetero) is 1. The molecule has 0 aromatic heterocycles. The minimum absolute atomic E-state index is 0.110. The van der Waals surface area contributed by atoms with Crippen molar-refractivity contribution >= 4 is 15.8 Å². The second-order valence-corrected chi connectivity index (χ2v) is 9.00. The van der Waals surface area contributed by atoms with E-state index in [0.717, 1.165) is 25.2 Å². The van der Waals surface area contributed by atoms with Crippen LogP contribution in [-0.4, -0.2) is 62.8 Å². The summed E-state index contributed by atoms with van der Waals surface area (Å²) in [7, 11) is -3.75. The van der Waals surface area contributed by atoms with Crippen LogP contribution in [0.2, 0.25) is 0 Å². The minimum Gasteiger partial charge on any atom is -0.379 e. The molecule has 0 spiro atoms. The number of carbonyl (C=O) groups is 1. The van der Waals surface area contributed by atoms with Gasteiger partial charge in [-0.2, -0.15) is 4.31 Å². The second-order valence-electron chi connectivity index (χ2n) is 7.14. The van der Waals surface area contributed by atoms with Gasteiger partial charge in [0.05, 0.1) is 30.7 Å². The Balaban J connectivity index is 1.67. The van der Waals surface area contributed by atoms with Crippen LogP contribution in [0.25, 0.3) is 0 Å². The number of hydrogen-bond acceptors (Lipinski definition) is 5. The molecular weight excluding hydrogens is 376 g/mol. The van der Waals surface area contributed by atoms with Crippen LogP contribution in [0.3, 0.4) is 0 Å². The van der Waals surface area contributed by atoms with Gasteiger partial charge < -0.3 is 4.74 Å². The van der Waals surface area contributed by atoms with Crippen molar-refractivity contribution in [1.29, 1.82) is 0 Å².